The Morgan fingerprint density at radius 1 is 1.41 bits per heavy atom. The zero-order chi connectivity index (χ0) is 19.0. The number of aromatic nitrogens is 2. The predicted molar refractivity (Wildman–Crippen MR) is 106 cm³/mol. The minimum absolute atomic E-state index is 0.000381. The summed E-state index contributed by atoms with van der Waals surface area (Å²) in [4.78, 5) is 29.9. The number of thioether (sulfide) groups is 1. The number of nitro groups is 1. The number of ether oxygens (including phenoxy) is 1. The number of nitro benzene ring substituents is 1. The van der Waals surface area contributed by atoms with Crippen LogP contribution in [0.3, 0.4) is 0 Å². The molecule has 1 aromatic carbocycles. The number of hydrogen-bond donors (Lipinski definition) is 0. The van der Waals surface area contributed by atoms with Crippen molar-refractivity contribution in [3.05, 3.63) is 55.2 Å². The minimum atomic E-state index is -0.449. The minimum Gasteiger partial charge on any atom is -0.492 e. The first kappa shape index (κ1) is 18.0. The summed E-state index contributed by atoms with van der Waals surface area (Å²) in [5.74, 6) is 1.04. The average molecular weight is 403 g/mol. The van der Waals surface area contributed by atoms with Crippen molar-refractivity contribution in [2.75, 3.05) is 12.4 Å². The van der Waals surface area contributed by atoms with Gasteiger partial charge in [0.2, 0.25) is 0 Å². The SMILES string of the molecule is Cn1c(SCCOc2cccc([N+](=O)[O-])c2)nc2sc3c(c2c1=O)CCC3. The maximum Gasteiger partial charge on any atom is 0.273 e. The van der Waals surface area contributed by atoms with Gasteiger partial charge in [-0.05, 0) is 30.9 Å². The third kappa shape index (κ3) is 3.44. The lowest BCUT2D eigenvalue weighted by Crippen LogP contribution is -2.20. The highest BCUT2D eigenvalue weighted by molar-refractivity contribution is 7.99. The molecular formula is C18H17N3O4S2. The Bertz CT molecular complexity index is 1090. The number of rotatable bonds is 6. The summed E-state index contributed by atoms with van der Waals surface area (Å²) in [5.41, 5.74) is 1.20. The highest BCUT2D eigenvalue weighted by atomic mass is 32.2. The van der Waals surface area contributed by atoms with Crippen molar-refractivity contribution in [2.24, 2.45) is 7.05 Å². The molecule has 1 aliphatic rings. The summed E-state index contributed by atoms with van der Waals surface area (Å²) >= 11 is 3.08. The van der Waals surface area contributed by atoms with Gasteiger partial charge in [0.25, 0.3) is 11.2 Å². The maximum atomic E-state index is 12.7. The molecule has 0 atom stereocenters. The van der Waals surface area contributed by atoms with Crippen molar-refractivity contribution in [2.45, 2.75) is 24.4 Å². The van der Waals surface area contributed by atoms with Crippen LogP contribution in [0, 0.1) is 10.1 Å². The number of fused-ring (bicyclic) bond motifs is 3. The first-order chi connectivity index (χ1) is 13.0. The highest BCUT2D eigenvalue weighted by Crippen LogP contribution is 2.35. The van der Waals surface area contributed by atoms with E-state index < -0.39 is 4.92 Å². The third-order valence-electron chi connectivity index (χ3n) is 4.52. The van der Waals surface area contributed by atoms with Crippen LogP contribution in [0.2, 0.25) is 0 Å². The number of benzene rings is 1. The molecule has 3 aromatic rings. The molecule has 0 aliphatic heterocycles. The topological polar surface area (TPSA) is 87.3 Å². The lowest BCUT2D eigenvalue weighted by Gasteiger charge is -2.08. The van der Waals surface area contributed by atoms with Crippen LogP contribution in [0.5, 0.6) is 5.75 Å². The smallest absolute Gasteiger partial charge is 0.273 e. The van der Waals surface area contributed by atoms with Crippen molar-refractivity contribution in [1.29, 1.82) is 0 Å². The normalized spacial score (nSPS) is 13.1. The second-order valence-corrected chi connectivity index (χ2v) is 8.39. The molecule has 0 spiro atoms. The lowest BCUT2D eigenvalue weighted by molar-refractivity contribution is -0.384. The van der Waals surface area contributed by atoms with Crippen molar-refractivity contribution in [3.63, 3.8) is 0 Å². The summed E-state index contributed by atoms with van der Waals surface area (Å²) < 4.78 is 7.19. The zero-order valence-electron chi connectivity index (χ0n) is 14.6. The number of thiophene rings is 1. The Labute approximate surface area is 163 Å². The highest BCUT2D eigenvalue weighted by Gasteiger charge is 2.22. The molecule has 2 heterocycles. The Morgan fingerprint density at radius 2 is 2.26 bits per heavy atom. The standard InChI is InChI=1S/C18H17N3O4S2/c1-20-17(22)15-13-6-3-7-14(13)27-16(15)19-18(20)26-9-8-25-12-5-2-4-11(10-12)21(23)24/h2,4-5,10H,3,6-9H2,1H3. The van der Waals surface area contributed by atoms with Crippen molar-refractivity contribution in [3.8, 4) is 5.75 Å². The van der Waals surface area contributed by atoms with Crippen LogP contribution in [0.25, 0.3) is 10.2 Å². The molecule has 7 nitrogen and oxygen atoms in total. The van der Waals surface area contributed by atoms with Crippen LogP contribution in [-0.2, 0) is 19.9 Å². The lowest BCUT2D eigenvalue weighted by atomic mass is 10.2. The van der Waals surface area contributed by atoms with Gasteiger partial charge in [-0.25, -0.2) is 4.98 Å². The fraction of sp³-hybridized carbons (Fsp3) is 0.333. The molecular weight excluding hydrogens is 386 g/mol. The fourth-order valence-corrected chi connectivity index (χ4v) is 5.31. The van der Waals surface area contributed by atoms with E-state index in [9.17, 15) is 14.9 Å². The van der Waals surface area contributed by atoms with Gasteiger partial charge in [-0.1, -0.05) is 17.8 Å². The second-order valence-electron chi connectivity index (χ2n) is 6.25. The van der Waals surface area contributed by atoms with E-state index in [-0.39, 0.29) is 11.2 Å². The molecule has 2 aromatic heterocycles. The van der Waals surface area contributed by atoms with Gasteiger partial charge in [-0.3, -0.25) is 19.5 Å². The van der Waals surface area contributed by atoms with Gasteiger partial charge in [0.05, 0.1) is 23.0 Å². The first-order valence-electron chi connectivity index (χ1n) is 8.56. The number of aryl methyl sites for hydroxylation is 2. The van der Waals surface area contributed by atoms with Gasteiger partial charge in [0, 0.05) is 23.7 Å². The van der Waals surface area contributed by atoms with Crippen molar-refractivity contribution >= 4 is 39.0 Å². The molecule has 0 N–H and O–H groups in total. The number of nitrogens with zero attached hydrogens (tertiary/aromatic N) is 3. The molecule has 1 aliphatic carbocycles. The van der Waals surface area contributed by atoms with Gasteiger partial charge in [-0.15, -0.1) is 11.3 Å². The summed E-state index contributed by atoms with van der Waals surface area (Å²) in [7, 11) is 1.75. The van der Waals surface area contributed by atoms with Crippen LogP contribution in [0.4, 0.5) is 5.69 Å². The van der Waals surface area contributed by atoms with Gasteiger partial charge < -0.3 is 4.74 Å². The number of hydrogen-bond acceptors (Lipinski definition) is 7. The molecule has 0 saturated carbocycles. The summed E-state index contributed by atoms with van der Waals surface area (Å²) in [6, 6.07) is 6.10. The van der Waals surface area contributed by atoms with Crippen LogP contribution in [0.1, 0.15) is 16.9 Å². The monoisotopic (exact) mass is 403 g/mol. The van der Waals surface area contributed by atoms with E-state index in [1.807, 2.05) is 0 Å². The van der Waals surface area contributed by atoms with Crippen molar-refractivity contribution < 1.29 is 9.66 Å². The van der Waals surface area contributed by atoms with Crippen LogP contribution < -0.4 is 10.3 Å². The number of non-ortho nitro benzene ring substituents is 1. The summed E-state index contributed by atoms with van der Waals surface area (Å²) in [6.45, 7) is 0.362. The molecule has 140 valence electrons. The van der Waals surface area contributed by atoms with Gasteiger partial charge in [-0.2, -0.15) is 0 Å². The molecule has 27 heavy (non-hydrogen) atoms. The van der Waals surface area contributed by atoms with Crippen LogP contribution in [0.15, 0.2) is 34.2 Å². The molecule has 0 saturated heterocycles. The molecule has 0 unspecified atom stereocenters. The Balaban J connectivity index is 1.45. The van der Waals surface area contributed by atoms with E-state index in [1.165, 1.54) is 34.3 Å². The van der Waals surface area contributed by atoms with Gasteiger partial charge in [0.15, 0.2) is 5.16 Å². The quantitative estimate of drug-likeness (QED) is 0.206. The van der Waals surface area contributed by atoms with Crippen LogP contribution >= 0.6 is 23.1 Å². The molecule has 0 amide bonds. The van der Waals surface area contributed by atoms with E-state index in [0.717, 1.165) is 29.5 Å². The third-order valence-corrected chi connectivity index (χ3v) is 6.70. The Hall–Kier alpha value is -2.39. The van der Waals surface area contributed by atoms with Crippen molar-refractivity contribution in [1.82, 2.24) is 9.55 Å². The molecule has 0 radical (unpaired) electrons. The Morgan fingerprint density at radius 3 is 3.07 bits per heavy atom. The molecule has 0 bridgehead atoms. The largest absolute Gasteiger partial charge is 0.492 e. The predicted octanol–water partition coefficient (Wildman–Crippen LogP) is 3.56. The molecule has 9 heteroatoms. The van der Waals surface area contributed by atoms with Gasteiger partial charge >= 0.3 is 0 Å². The van der Waals surface area contributed by atoms with E-state index in [2.05, 4.69) is 4.98 Å². The zero-order valence-corrected chi connectivity index (χ0v) is 16.3. The fourth-order valence-electron chi connectivity index (χ4n) is 3.21. The van der Waals surface area contributed by atoms with E-state index in [0.29, 0.717) is 23.3 Å². The summed E-state index contributed by atoms with van der Waals surface area (Å²) in [6.07, 6.45) is 3.13. The van der Waals surface area contributed by atoms with Crippen LogP contribution in [-0.4, -0.2) is 26.8 Å². The van der Waals surface area contributed by atoms with Gasteiger partial charge in [0.1, 0.15) is 10.6 Å². The average Bonchev–Trinajstić information content (AvgIpc) is 3.23. The first-order valence-corrected chi connectivity index (χ1v) is 10.4. The van der Waals surface area contributed by atoms with E-state index in [1.54, 1.807) is 35.1 Å². The summed E-state index contributed by atoms with van der Waals surface area (Å²) in [5, 5.41) is 12.2. The maximum absolute atomic E-state index is 12.7. The molecule has 4 rings (SSSR count). The van der Waals surface area contributed by atoms with E-state index >= 15 is 0 Å². The Kier molecular flexibility index (Phi) is 4.88. The second kappa shape index (κ2) is 7.32. The molecule has 0 fully saturated rings. The van der Waals surface area contributed by atoms with E-state index in [4.69, 9.17) is 4.74 Å².